The van der Waals surface area contributed by atoms with Gasteiger partial charge >= 0.3 is 6.09 Å². The fraction of sp³-hybridized carbons (Fsp3) is 0.267. The predicted octanol–water partition coefficient (Wildman–Crippen LogP) is 2.08. The number of piperazine rings is 1. The number of hydrogen-bond donors (Lipinski definition) is 1. The third-order valence-corrected chi connectivity index (χ3v) is 3.68. The molecule has 0 atom stereocenters. The molecule has 1 amide bonds. The first-order chi connectivity index (χ1) is 10.6. The van der Waals surface area contributed by atoms with Gasteiger partial charge in [-0.3, -0.25) is 0 Å². The van der Waals surface area contributed by atoms with Crippen molar-refractivity contribution in [1.29, 1.82) is 0 Å². The first-order valence-electron chi connectivity index (χ1n) is 6.95. The van der Waals surface area contributed by atoms with Crippen LogP contribution in [0.3, 0.4) is 0 Å². The summed E-state index contributed by atoms with van der Waals surface area (Å²) in [6.45, 7) is 1.96. The van der Waals surface area contributed by atoms with Gasteiger partial charge in [-0.15, -0.1) is 0 Å². The van der Waals surface area contributed by atoms with E-state index in [0.29, 0.717) is 43.3 Å². The third kappa shape index (κ3) is 2.83. The highest BCUT2D eigenvalue weighted by molar-refractivity contribution is 5.66. The Morgan fingerprint density at radius 1 is 1.14 bits per heavy atom. The number of carboxylic acid groups (broad SMARTS) is 1. The number of hydrogen-bond acceptors (Lipinski definition) is 4. The fourth-order valence-corrected chi connectivity index (χ4v) is 2.46. The summed E-state index contributed by atoms with van der Waals surface area (Å²) in [6.07, 6.45) is 0.495. The van der Waals surface area contributed by atoms with Gasteiger partial charge in [0.05, 0.1) is 5.69 Å². The number of amides is 1. The van der Waals surface area contributed by atoms with E-state index in [0.717, 1.165) is 0 Å². The van der Waals surface area contributed by atoms with Crippen LogP contribution in [-0.4, -0.2) is 52.2 Å². The summed E-state index contributed by atoms with van der Waals surface area (Å²) in [6, 6.07) is 8.18. The minimum Gasteiger partial charge on any atom is -0.465 e. The van der Waals surface area contributed by atoms with Crippen molar-refractivity contribution in [3.8, 4) is 11.3 Å². The summed E-state index contributed by atoms with van der Waals surface area (Å²) < 4.78 is 13.8. The fourth-order valence-electron chi connectivity index (χ4n) is 2.46. The van der Waals surface area contributed by atoms with E-state index in [1.54, 1.807) is 24.3 Å². The average Bonchev–Trinajstić information content (AvgIpc) is 2.55. The second-order valence-corrected chi connectivity index (χ2v) is 5.00. The summed E-state index contributed by atoms with van der Waals surface area (Å²) in [5, 5.41) is 8.96. The van der Waals surface area contributed by atoms with E-state index >= 15 is 0 Å². The van der Waals surface area contributed by atoms with Crippen LogP contribution in [0.2, 0.25) is 0 Å². The van der Waals surface area contributed by atoms with E-state index in [4.69, 9.17) is 5.11 Å². The molecule has 1 aliphatic heterocycles. The van der Waals surface area contributed by atoms with Crippen molar-refractivity contribution in [2.75, 3.05) is 31.1 Å². The molecule has 0 aliphatic carbocycles. The lowest BCUT2D eigenvalue weighted by atomic mass is 10.1. The van der Waals surface area contributed by atoms with Crippen LogP contribution >= 0.6 is 0 Å². The van der Waals surface area contributed by atoms with E-state index in [1.165, 1.54) is 17.3 Å². The molecule has 22 heavy (non-hydrogen) atoms. The molecule has 7 heteroatoms. The van der Waals surface area contributed by atoms with Crippen molar-refractivity contribution in [2.24, 2.45) is 0 Å². The highest BCUT2D eigenvalue weighted by Gasteiger charge is 2.21. The van der Waals surface area contributed by atoms with Crippen molar-refractivity contribution >= 4 is 11.9 Å². The third-order valence-electron chi connectivity index (χ3n) is 3.68. The minimum atomic E-state index is -0.908. The number of halogens is 1. The number of rotatable bonds is 2. The van der Waals surface area contributed by atoms with Crippen LogP contribution in [0, 0.1) is 5.82 Å². The lowest BCUT2D eigenvalue weighted by Gasteiger charge is -2.33. The number of benzene rings is 1. The van der Waals surface area contributed by atoms with Crippen LogP contribution in [0.4, 0.5) is 15.0 Å². The van der Waals surface area contributed by atoms with Crippen molar-refractivity contribution in [3.05, 3.63) is 42.5 Å². The number of carbonyl (C=O) groups is 1. The van der Waals surface area contributed by atoms with Gasteiger partial charge < -0.3 is 14.9 Å². The monoisotopic (exact) mass is 302 g/mol. The molecule has 3 rings (SSSR count). The van der Waals surface area contributed by atoms with Gasteiger partial charge in [-0.05, 0) is 12.1 Å². The van der Waals surface area contributed by atoms with Crippen LogP contribution in [0.5, 0.6) is 0 Å². The molecule has 0 unspecified atom stereocenters. The Kier molecular flexibility index (Phi) is 3.86. The Bertz CT molecular complexity index is 687. The first-order valence-corrected chi connectivity index (χ1v) is 6.95. The molecule has 6 nitrogen and oxygen atoms in total. The highest BCUT2D eigenvalue weighted by atomic mass is 19.1. The zero-order valence-electron chi connectivity index (χ0n) is 11.8. The lowest BCUT2D eigenvalue weighted by Crippen LogP contribution is -2.48. The summed E-state index contributed by atoms with van der Waals surface area (Å²) in [5.74, 6) is 0.348. The summed E-state index contributed by atoms with van der Waals surface area (Å²) >= 11 is 0. The topological polar surface area (TPSA) is 69.6 Å². The van der Waals surface area contributed by atoms with E-state index in [-0.39, 0.29) is 5.82 Å². The van der Waals surface area contributed by atoms with Gasteiger partial charge in [0.25, 0.3) is 0 Å². The Morgan fingerprint density at radius 3 is 2.55 bits per heavy atom. The standard InChI is InChI=1S/C15H15FN4O2/c16-12-4-2-1-3-11(12)13-9-14(18-10-17-13)19-5-7-20(8-6-19)15(21)22/h1-4,9-10H,5-8H2,(H,21,22). The normalized spacial score (nSPS) is 15.0. The average molecular weight is 302 g/mol. The molecule has 1 saturated heterocycles. The summed E-state index contributed by atoms with van der Waals surface area (Å²) in [4.78, 5) is 22.6. The van der Waals surface area contributed by atoms with Gasteiger partial charge in [-0.25, -0.2) is 19.2 Å². The molecule has 1 aromatic carbocycles. The van der Waals surface area contributed by atoms with E-state index in [1.807, 2.05) is 4.90 Å². The molecular weight excluding hydrogens is 287 g/mol. The molecule has 2 heterocycles. The smallest absolute Gasteiger partial charge is 0.407 e. The second kappa shape index (κ2) is 5.97. The lowest BCUT2D eigenvalue weighted by molar-refractivity contribution is 0.142. The van der Waals surface area contributed by atoms with Crippen LogP contribution in [0.25, 0.3) is 11.3 Å². The Hall–Kier alpha value is -2.70. The Balaban J connectivity index is 1.81. The van der Waals surface area contributed by atoms with Gasteiger partial charge in [-0.2, -0.15) is 0 Å². The Labute approximate surface area is 126 Å². The van der Waals surface area contributed by atoms with Crippen molar-refractivity contribution in [1.82, 2.24) is 14.9 Å². The molecule has 0 spiro atoms. The molecule has 1 fully saturated rings. The van der Waals surface area contributed by atoms with E-state index < -0.39 is 6.09 Å². The highest BCUT2D eigenvalue weighted by Crippen LogP contribution is 2.23. The van der Waals surface area contributed by atoms with Crippen molar-refractivity contribution in [2.45, 2.75) is 0 Å². The van der Waals surface area contributed by atoms with E-state index in [9.17, 15) is 9.18 Å². The maximum atomic E-state index is 13.8. The van der Waals surface area contributed by atoms with E-state index in [2.05, 4.69) is 9.97 Å². The molecule has 0 bridgehead atoms. The number of anilines is 1. The molecule has 1 aliphatic rings. The van der Waals surface area contributed by atoms with Crippen LogP contribution in [0.1, 0.15) is 0 Å². The van der Waals surface area contributed by atoms with Crippen LogP contribution in [0.15, 0.2) is 36.7 Å². The zero-order chi connectivity index (χ0) is 15.5. The summed E-state index contributed by atoms with van der Waals surface area (Å²) in [7, 11) is 0. The molecule has 1 aromatic heterocycles. The SMILES string of the molecule is O=C(O)N1CCN(c2cc(-c3ccccc3F)ncn2)CC1. The van der Waals surface area contributed by atoms with Crippen molar-refractivity contribution < 1.29 is 14.3 Å². The van der Waals surface area contributed by atoms with Crippen molar-refractivity contribution in [3.63, 3.8) is 0 Å². The predicted molar refractivity (Wildman–Crippen MR) is 79.2 cm³/mol. The first kappa shape index (κ1) is 14.2. The second-order valence-electron chi connectivity index (χ2n) is 5.00. The zero-order valence-corrected chi connectivity index (χ0v) is 11.8. The molecule has 114 valence electrons. The summed E-state index contributed by atoms with van der Waals surface area (Å²) in [5.41, 5.74) is 0.944. The van der Waals surface area contributed by atoms with Gasteiger partial charge in [-0.1, -0.05) is 12.1 Å². The molecule has 0 saturated carbocycles. The molecule has 1 N–H and O–H groups in total. The van der Waals surface area contributed by atoms with Gasteiger partial charge in [0, 0.05) is 37.8 Å². The van der Waals surface area contributed by atoms with Gasteiger partial charge in [0.1, 0.15) is 18.0 Å². The van der Waals surface area contributed by atoms with Gasteiger partial charge in [0.2, 0.25) is 0 Å². The van der Waals surface area contributed by atoms with Crippen LogP contribution in [-0.2, 0) is 0 Å². The minimum absolute atomic E-state index is 0.331. The Morgan fingerprint density at radius 2 is 1.86 bits per heavy atom. The largest absolute Gasteiger partial charge is 0.465 e. The number of aromatic nitrogens is 2. The number of nitrogens with zero attached hydrogens (tertiary/aromatic N) is 4. The van der Waals surface area contributed by atoms with Gasteiger partial charge in [0.15, 0.2) is 0 Å². The molecule has 2 aromatic rings. The molecule has 0 radical (unpaired) electrons. The quantitative estimate of drug-likeness (QED) is 0.920. The maximum absolute atomic E-state index is 13.8. The van der Waals surface area contributed by atoms with Crippen LogP contribution < -0.4 is 4.90 Å². The maximum Gasteiger partial charge on any atom is 0.407 e. The molecular formula is C15H15FN4O2.